The minimum Gasteiger partial charge on any atom is -0.508 e. The molecule has 0 bridgehead atoms. The number of likely N-dealkylation sites (tertiary alicyclic amines) is 1. The van der Waals surface area contributed by atoms with Crippen LogP contribution in [-0.4, -0.2) is 40.1 Å². The number of carboxylic acid groups (broad SMARTS) is 1. The van der Waals surface area contributed by atoms with E-state index in [0.29, 0.717) is 18.5 Å². The van der Waals surface area contributed by atoms with Crippen LogP contribution in [0.3, 0.4) is 0 Å². The number of carbonyl (C=O) groups is 2. The molecule has 2 rings (SSSR count). The standard InChI is InChI=1S/C15H19NO4/c1-10(2)15(14(19)20)6-7-16(9-15)13(18)11-4-3-5-12(17)8-11/h3-5,8,10,17H,6-7,9H2,1-2H3,(H,19,20). The maximum atomic E-state index is 12.4. The van der Waals surface area contributed by atoms with Gasteiger partial charge in [0.15, 0.2) is 0 Å². The Morgan fingerprint density at radius 3 is 2.55 bits per heavy atom. The number of rotatable bonds is 3. The summed E-state index contributed by atoms with van der Waals surface area (Å²) < 4.78 is 0. The van der Waals surface area contributed by atoms with Gasteiger partial charge in [-0.2, -0.15) is 0 Å². The van der Waals surface area contributed by atoms with Gasteiger partial charge in [-0.05, 0) is 30.5 Å². The van der Waals surface area contributed by atoms with Gasteiger partial charge in [-0.3, -0.25) is 9.59 Å². The van der Waals surface area contributed by atoms with Crippen LogP contribution >= 0.6 is 0 Å². The highest BCUT2D eigenvalue weighted by molar-refractivity contribution is 5.95. The molecule has 5 heteroatoms. The van der Waals surface area contributed by atoms with Gasteiger partial charge in [0.1, 0.15) is 5.75 Å². The van der Waals surface area contributed by atoms with E-state index in [2.05, 4.69) is 0 Å². The Balaban J connectivity index is 2.21. The van der Waals surface area contributed by atoms with Crippen LogP contribution in [0.1, 0.15) is 30.6 Å². The Kier molecular flexibility index (Phi) is 3.70. The maximum Gasteiger partial charge on any atom is 0.311 e. The van der Waals surface area contributed by atoms with Gasteiger partial charge in [0, 0.05) is 18.7 Å². The summed E-state index contributed by atoms with van der Waals surface area (Å²) in [5.41, 5.74) is -0.484. The summed E-state index contributed by atoms with van der Waals surface area (Å²) in [7, 11) is 0. The number of phenolic OH excluding ortho intramolecular Hbond substituents is 1. The monoisotopic (exact) mass is 277 g/mol. The van der Waals surface area contributed by atoms with Crippen LogP contribution in [0.25, 0.3) is 0 Å². The van der Waals surface area contributed by atoms with Crippen LogP contribution in [0.15, 0.2) is 24.3 Å². The highest BCUT2D eigenvalue weighted by atomic mass is 16.4. The SMILES string of the molecule is CC(C)C1(C(=O)O)CCN(C(=O)c2cccc(O)c2)C1. The minimum absolute atomic E-state index is 0.0309. The minimum atomic E-state index is -0.869. The number of hydrogen-bond donors (Lipinski definition) is 2. The molecule has 1 atom stereocenters. The zero-order chi connectivity index (χ0) is 14.9. The Bertz CT molecular complexity index is 540. The van der Waals surface area contributed by atoms with Crippen molar-refractivity contribution in [3.05, 3.63) is 29.8 Å². The number of benzene rings is 1. The first-order valence-electron chi connectivity index (χ1n) is 6.68. The van der Waals surface area contributed by atoms with E-state index in [1.807, 2.05) is 13.8 Å². The van der Waals surface area contributed by atoms with Crippen molar-refractivity contribution in [1.82, 2.24) is 4.90 Å². The second kappa shape index (κ2) is 5.15. The number of aliphatic carboxylic acids is 1. The van der Waals surface area contributed by atoms with Crippen LogP contribution in [0.2, 0.25) is 0 Å². The average Bonchev–Trinajstić information content (AvgIpc) is 2.84. The predicted octanol–water partition coefficient (Wildman–Crippen LogP) is 1.97. The first kappa shape index (κ1) is 14.4. The first-order valence-corrected chi connectivity index (χ1v) is 6.68. The van der Waals surface area contributed by atoms with E-state index in [1.54, 1.807) is 17.0 Å². The molecular formula is C15H19NO4. The lowest BCUT2D eigenvalue weighted by Crippen LogP contribution is -2.40. The lowest BCUT2D eigenvalue weighted by Gasteiger charge is -2.28. The Labute approximate surface area is 117 Å². The van der Waals surface area contributed by atoms with E-state index < -0.39 is 11.4 Å². The summed E-state index contributed by atoms with van der Waals surface area (Å²) in [5, 5.41) is 18.9. The third kappa shape index (κ3) is 2.35. The fourth-order valence-corrected chi connectivity index (χ4v) is 2.72. The molecule has 1 aliphatic heterocycles. The molecule has 1 aliphatic rings. The molecule has 1 amide bonds. The van der Waals surface area contributed by atoms with Crippen LogP contribution in [0.4, 0.5) is 0 Å². The average molecular weight is 277 g/mol. The molecule has 5 nitrogen and oxygen atoms in total. The van der Waals surface area contributed by atoms with E-state index in [-0.39, 0.29) is 24.1 Å². The van der Waals surface area contributed by atoms with Crippen LogP contribution in [-0.2, 0) is 4.79 Å². The van der Waals surface area contributed by atoms with Gasteiger partial charge < -0.3 is 15.1 Å². The van der Waals surface area contributed by atoms with Crippen LogP contribution in [0.5, 0.6) is 5.75 Å². The second-order valence-corrected chi connectivity index (χ2v) is 5.64. The summed E-state index contributed by atoms with van der Waals surface area (Å²) in [5.74, 6) is -1.09. The van der Waals surface area contributed by atoms with Crippen molar-refractivity contribution < 1.29 is 19.8 Å². The lowest BCUT2D eigenvalue weighted by molar-refractivity contribution is -0.150. The number of aromatic hydroxyl groups is 1. The zero-order valence-electron chi connectivity index (χ0n) is 11.7. The Hall–Kier alpha value is -2.04. The van der Waals surface area contributed by atoms with Crippen molar-refractivity contribution in [1.29, 1.82) is 0 Å². The lowest BCUT2D eigenvalue weighted by atomic mass is 9.76. The molecule has 108 valence electrons. The molecule has 0 aliphatic carbocycles. The highest BCUT2D eigenvalue weighted by Gasteiger charge is 2.48. The Morgan fingerprint density at radius 1 is 1.35 bits per heavy atom. The van der Waals surface area contributed by atoms with Crippen LogP contribution < -0.4 is 0 Å². The number of amides is 1. The molecule has 1 heterocycles. The predicted molar refractivity (Wildman–Crippen MR) is 73.5 cm³/mol. The molecule has 0 aromatic heterocycles. The second-order valence-electron chi connectivity index (χ2n) is 5.64. The van der Waals surface area contributed by atoms with Crippen molar-refractivity contribution in [3.8, 4) is 5.75 Å². The van der Waals surface area contributed by atoms with E-state index in [9.17, 15) is 19.8 Å². The fourth-order valence-electron chi connectivity index (χ4n) is 2.72. The molecule has 1 unspecified atom stereocenters. The van der Waals surface area contributed by atoms with Gasteiger partial charge in [0.2, 0.25) is 0 Å². The molecule has 1 aromatic carbocycles. The van der Waals surface area contributed by atoms with Crippen molar-refractivity contribution in [2.24, 2.45) is 11.3 Å². The largest absolute Gasteiger partial charge is 0.508 e. The summed E-state index contributed by atoms with van der Waals surface area (Å²) >= 11 is 0. The van der Waals surface area contributed by atoms with E-state index in [1.165, 1.54) is 12.1 Å². The third-order valence-electron chi connectivity index (χ3n) is 4.21. The molecule has 1 fully saturated rings. The van der Waals surface area contributed by atoms with E-state index >= 15 is 0 Å². The molecule has 20 heavy (non-hydrogen) atoms. The fraction of sp³-hybridized carbons (Fsp3) is 0.467. The van der Waals surface area contributed by atoms with Crippen molar-refractivity contribution >= 4 is 11.9 Å². The van der Waals surface area contributed by atoms with Gasteiger partial charge >= 0.3 is 5.97 Å². The number of carboxylic acids is 1. The van der Waals surface area contributed by atoms with Crippen LogP contribution in [0, 0.1) is 11.3 Å². The molecule has 0 saturated carbocycles. The number of nitrogens with zero attached hydrogens (tertiary/aromatic N) is 1. The third-order valence-corrected chi connectivity index (χ3v) is 4.21. The number of phenols is 1. The Morgan fingerprint density at radius 2 is 2.05 bits per heavy atom. The van der Waals surface area contributed by atoms with Gasteiger partial charge in [-0.25, -0.2) is 0 Å². The molecule has 0 spiro atoms. The summed E-state index contributed by atoms with van der Waals surface area (Å²) in [6, 6.07) is 6.12. The van der Waals surface area contributed by atoms with Gasteiger partial charge in [-0.1, -0.05) is 19.9 Å². The number of carbonyl (C=O) groups excluding carboxylic acids is 1. The maximum absolute atomic E-state index is 12.4. The summed E-state index contributed by atoms with van der Waals surface area (Å²) in [6.07, 6.45) is 0.463. The van der Waals surface area contributed by atoms with Gasteiger partial charge in [0.05, 0.1) is 5.41 Å². The molecule has 1 saturated heterocycles. The van der Waals surface area contributed by atoms with Gasteiger partial charge in [0.25, 0.3) is 5.91 Å². The zero-order valence-corrected chi connectivity index (χ0v) is 11.7. The quantitative estimate of drug-likeness (QED) is 0.885. The van der Waals surface area contributed by atoms with Crippen molar-refractivity contribution in [2.45, 2.75) is 20.3 Å². The van der Waals surface area contributed by atoms with Crippen molar-refractivity contribution in [2.75, 3.05) is 13.1 Å². The smallest absolute Gasteiger partial charge is 0.311 e. The van der Waals surface area contributed by atoms with E-state index in [0.717, 1.165) is 0 Å². The molecule has 1 aromatic rings. The van der Waals surface area contributed by atoms with E-state index in [4.69, 9.17) is 0 Å². The molecule has 2 N–H and O–H groups in total. The highest BCUT2D eigenvalue weighted by Crippen LogP contribution is 2.38. The normalized spacial score (nSPS) is 22.2. The van der Waals surface area contributed by atoms with Crippen molar-refractivity contribution in [3.63, 3.8) is 0 Å². The molecule has 0 radical (unpaired) electrons. The summed E-state index contributed by atoms with van der Waals surface area (Å²) in [6.45, 7) is 4.39. The summed E-state index contributed by atoms with van der Waals surface area (Å²) in [4.78, 5) is 25.5. The van der Waals surface area contributed by atoms with Gasteiger partial charge in [-0.15, -0.1) is 0 Å². The first-order chi connectivity index (χ1) is 9.36. The number of hydrogen-bond acceptors (Lipinski definition) is 3. The molecular weight excluding hydrogens is 258 g/mol. The topological polar surface area (TPSA) is 77.8 Å².